The van der Waals surface area contributed by atoms with E-state index in [1.54, 1.807) is 0 Å². The van der Waals surface area contributed by atoms with Gasteiger partial charge in [-0.2, -0.15) is 0 Å². The molecule has 0 aromatic heterocycles. The van der Waals surface area contributed by atoms with E-state index in [1.165, 1.54) is 12.0 Å². The van der Waals surface area contributed by atoms with Crippen LogP contribution in [0.25, 0.3) is 0 Å². The van der Waals surface area contributed by atoms with Gasteiger partial charge in [-0.1, -0.05) is 30.3 Å². The van der Waals surface area contributed by atoms with Crippen molar-refractivity contribution in [1.82, 2.24) is 4.90 Å². The van der Waals surface area contributed by atoms with Crippen LogP contribution in [0.4, 0.5) is 0 Å². The topological polar surface area (TPSA) is 3.24 Å². The van der Waals surface area contributed by atoms with Gasteiger partial charge in [-0.25, -0.2) is 0 Å². The molecule has 0 N–H and O–H groups in total. The van der Waals surface area contributed by atoms with E-state index in [1.807, 2.05) is 0 Å². The highest BCUT2D eigenvalue weighted by Gasteiger charge is 2.30. The molecular formula is C12H17N. The van der Waals surface area contributed by atoms with E-state index in [0.29, 0.717) is 0 Å². The van der Waals surface area contributed by atoms with E-state index < -0.39 is 0 Å². The Morgan fingerprint density at radius 1 is 1.15 bits per heavy atom. The van der Waals surface area contributed by atoms with Crippen LogP contribution in [0.2, 0.25) is 0 Å². The maximum Gasteiger partial charge on any atom is 0.0239 e. The lowest BCUT2D eigenvalue weighted by molar-refractivity contribution is 0.0296. The van der Waals surface area contributed by atoms with Crippen molar-refractivity contribution in [3.63, 3.8) is 0 Å². The van der Waals surface area contributed by atoms with Crippen molar-refractivity contribution in [2.75, 3.05) is 0 Å². The van der Waals surface area contributed by atoms with E-state index in [-0.39, 0.29) is 0 Å². The molecule has 1 heterocycles. The van der Waals surface area contributed by atoms with Crippen LogP contribution in [0.5, 0.6) is 0 Å². The third-order valence-corrected chi connectivity index (χ3v) is 3.02. The van der Waals surface area contributed by atoms with Gasteiger partial charge in [-0.05, 0) is 25.8 Å². The van der Waals surface area contributed by atoms with Crippen molar-refractivity contribution in [2.24, 2.45) is 0 Å². The molecule has 70 valence electrons. The van der Waals surface area contributed by atoms with Crippen LogP contribution in [-0.4, -0.2) is 17.0 Å². The molecule has 2 atom stereocenters. The van der Waals surface area contributed by atoms with Crippen LogP contribution in [0.1, 0.15) is 25.8 Å². The lowest BCUT2D eigenvalue weighted by atomic mass is 9.95. The maximum absolute atomic E-state index is 2.55. The first-order valence-corrected chi connectivity index (χ1v) is 5.07. The molecule has 1 nitrogen and oxygen atoms in total. The number of rotatable bonds is 2. The standard InChI is InChI=1S/C12H17N/c1-10-8-11(2)13(10)9-12-6-4-3-5-7-12/h3-7,10-11H,8-9H2,1-2H3/t10-,11?/m0/s1. The van der Waals surface area contributed by atoms with Gasteiger partial charge in [0.25, 0.3) is 0 Å². The van der Waals surface area contributed by atoms with Crippen molar-refractivity contribution in [3.05, 3.63) is 35.9 Å². The zero-order valence-electron chi connectivity index (χ0n) is 8.40. The summed E-state index contributed by atoms with van der Waals surface area (Å²) in [6.45, 7) is 5.73. The SMILES string of the molecule is CC1C[C@H](C)N1Cc1ccccc1. The van der Waals surface area contributed by atoms with Crippen LogP contribution < -0.4 is 0 Å². The fourth-order valence-corrected chi connectivity index (χ4v) is 2.17. The lowest BCUT2D eigenvalue weighted by Crippen LogP contribution is -2.51. The summed E-state index contributed by atoms with van der Waals surface area (Å²) in [5.41, 5.74) is 1.43. The third-order valence-electron chi connectivity index (χ3n) is 3.02. The minimum absolute atomic E-state index is 0.773. The summed E-state index contributed by atoms with van der Waals surface area (Å²) in [4.78, 5) is 2.55. The Morgan fingerprint density at radius 3 is 2.31 bits per heavy atom. The molecule has 0 spiro atoms. The first kappa shape index (κ1) is 8.76. The molecule has 1 fully saturated rings. The molecular weight excluding hydrogens is 158 g/mol. The second-order valence-corrected chi connectivity index (χ2v) is 4.09. The first-order valence-electron chi connectivity index (χ1n) is 5.07. The quantitative estimate of drug-likeness (QED) is 0.668. The van der Waals surface area contributed by atoms with E-state index in [2.05, 4.69) is 49.1 Å². The van der Waals surface area contributed by atoms with Gasteiger partial charge < -0.3 is 0 Å². The molecule has 0 aliphatic carbocycles. The predicted molar refractivity (Wildman–Crippen MR) is 55.5 cm³/mol. The van der Waals surface area contributed by atoms with Crippen molar-refractivity contribution >= 4 is 0 Å². The van der Waals surface area contributed by atoms with Crippen LogP contribution in [0.3, 0.4) is 0 Å². The Hall–Kier alpha value is -0.820. The summed E-state index contributed by atoms with van der Waals surface area (Å²) < 4.78 is 0. The predicted octanol–water partition coefficient (Wildman–Crippen LogP) is 2.67. The highest BCUT2D eigenvalue weighted by molar-refractivity contribution is 5.15. The monoisotopic (exact) mass is 175 g/mol. The first-order chi connectivity index (χ1) is 6.27. The molecule has 0 radical (unpaired) electrons. The molecule has 0 saturated carbocycles. The minimum atomic E-state index is 0.773. The Labute approximate surface area is 80.4 Å². The fraction of sp³-hybridized carbons (Fsp3) is 0.500. The highest BCUT2D eigenvalue weighted by Crippen LogP contribution is 2.26. The largest absolute Gasteiger partial charge is 0.294 e. The zero-order chi connectivity index (χ0) is 9.26. The molecule has 13 heavy (non-hydrogen) atoms. The van der Waals surface area contributed by atoms with Gasteiger partial charge in [0.2, 0.25) is 0 Å². The highest BCUT2D eigenvalue weighted by atomic mass is 15.2. The molecule has 1 unspecified atom stereocenters. The molecule has 1 aromatic carbocycles. The van der Waals surface area contributed by atoms with Gasteiger partial charge in [-0.15, -0.1) is 0 Å². The van der Waals surface area contributed by atoms with E-state index in [0.717, 1.165) is 18.6 Å². The lowest BCUT2D eigenvalue weighted by Gasteiger charge is -2.45. The molecule has 1 aliphatic heterocycles. The summed E-state index contributed by atoms with van der Waals surface area (Å²) >= 11 is 0. The number of benzene rings is 1. The normalized spacial score (nSPS) is 28.5. The Morgan fingerprint density at radius 2 is 1.77 bits per heavy atom. The molecule has 1 saturated heterocycles. The van der Waals surface area contributed by atoms with Crippen LogP contribution in [0, 0.1) is 0 Å². The van der Waals surface area contributed by atoms with E-state index in [9.17, 15) is 0 Å². The third kappa shape index (κ3) is 1.75. The summed E-state index contributed by atoms with van der Waals surface area (Å²) in [6.07, 6.45) is 1.35. The smallest absolute Gasteiger partial charge is 0.0239 e. The van der Waals surface area contributed by atoms with Crippen molar-refractivity contribution in [2.45, 2.75) is 38.9 Å². The van der Waals surface area contributed by atoms with Gasteiger partial charge in [0.05, 0.1) is 0 Å². The van der Waals surface area contributed by atoms with Crippen molar-refractivity contribution in [3.8, 4) is 0 Å². The summed E-state index contributed by atoms with van der Waals surface area (Å²) in [5.74, 6) is 0. The van der Waals surface area contributed by atoms with Gasteiger partial charge in [0, 0.05) is 18.6 Å². The summed E-state index contributed by atoms with van der Waals surface area (Å²) in [6, 6.07) is 12.3. The molecule has 1 heteroatoms. The average Bonchev–Trinajstić information content (AvgIpc) is 2.16. The van der Waals surface area contributed by atoms with Gasteiger partial charge >= 0.3 is 0 Å². The average molecular weight is 175 g/mol. The van der Waals surface area contributed by atoms with Gasteiger partial charge in [-0.3, -0.25) is 4.90 Å². The summed E-state index contributed by atoms with van der Waals surface area (Å²) in [7, 11) is 0. The molecule has 0 bridgehead atoms. The van der Waals surface area contributed by atoms with Crippen LogP contribution in [-0.2, 0) is 6.54 Å². The fourth-order valence-electron chi connectivity index (χ4n) is 2.17. The second kappa shape index (κ2) is 3.51. The zero-order valence-corrected chi connectivity index (χ0v) is 8.40. The molecule has 1 aromatic rings. The Balaban J connectivity index is 1.99. The van der Waals surface area contributed by atoms with Gasteiger partial charge in [0.15, 0.2) is 0 Å². The Bertz CT molecular complexity index is 260. The molecule has 2 rings (SSSR count). The van der Waals surface area contributed by atoms with E-state index in [4.69, 9.17) is 0 Å². The number of likely N-dealkylation sites (tertiary alicyclic amines) is 1. The van der Waals surface area contributed by atoms with Crippen LogP contribution >= 0.6 is 0 Å². The number of hydrogen-bond acceptors (Lipinski definition) is 1. The molecule has 1 aliphatic rings. The molecule has 0 amide bonds. The second-order valence-electron chi connectivity index (χ2n) is 4.09. The van der Waals surface area contributed by atoms with E-state index >= 15 is 0 Å². The van der Waals surface area contributed by atoms with Crippen molar-refractivity contribution < 1.29 is 0 Å². The Kier molecular flexibility index (Phi) is 2.36. The van der Waals surface area contributed by atoms with Crippen molar-refractivity contribution in [1.29, 1.82) is 0 Å². The number of nitrogens with zero attached hydrogens (tertiary/aromatic N) is 1. The summed E-state index contributed by atoms with van der Waals surface area (Å²) in [5, 5.41) is 0. The van der Waals surface area contributed by atoms with Gasteiger partial charge in [0.1, 0.15) is 0 Å². The minimum Gasteiger partial charge on any atom is -0.294 e. The number of hydrogen-bond donors (Lipinski definition) is 0. The maximum atomic E-state index is 2.55. The van der Waals surface area contributed by atoms with Crippen LogP contribution in [0.15, 0.2) is 30.3 Å².